The van der Waals surface area contributed by atoms with E-state index < -0.39 is 10.0 Å². The van der Waals surface area contributed by atoms with Gasteiger partial charge in [-0.3, -0.25) is 4.90 Å². The van der Waals surface area contributed by atoms with Crippen LogP contribution in [0.15, 0.2) is 0 Å². The molecule has 0 saturated carbocycles. The largest absolute Gasteiger partial charge is 0.344 e. The third-order valence-electron chi connectivity index (χ3n) is 4.64. The molecule has 124 valence electrons. The minimum Gasteiger partial charge on any atom is -0.344 e. The summed E-state index contributed by atoms with van der Waals surface area (Å²) in [6, 6.07) is 0.379. The highest BCUT2D eigenvalue weighted by Gasteiger charge is 2.29. The molecule has 1 fully saturated rings. The Hall–Kier alpha value is -0.920. The topological polar surface area (TPSA) is 78.1 Å². The number of rotatable bonds is 6. The molecule has 1 atom stereocenters. The lowest BCUT2D eigenvalue weighted by atomic mass is 10.0. The molecule has 1 aliphatic carbocycles. The molecular weight excluding hydrogens is 300 g/mol. The Morgan fingerprint density at radius 1 is 1.32 bits per heavy atom. The van der Waals surface area contributed by atoms with Crippen LogP contribution in [0.2, 0.25) is 0 Å². The second-order valence-corrected chi connectivity index (χ2v) is 8.30. The molecule has 0 radical (unpaired) electrons. The number of aryl methyl sites for hydroxylation is 2. The molecule has 1 aromatic rings. The Labute approximate surface area is 132 Å². The van der Waals surface area contributed by atoms with Gasteiger partial charge in [-0.05, 0) is 51.5 Å². The van der Waals surface area contributed by atoms with Crippen molar-refractivity contribution in [1.29, 1.82) is 0 Å². The van der Waals surface area contributed by atoms with Gasteiger partial charge in [-0.1, -0.05) is 0 Å². The summed E-state index contributed by atoms with van der Waals surface area (Å²) in [6.45, 7) is 2.50. The zero-order valence-corrected chi connectivity index (χ0v) is 14.1. The van der Waals surface area contributed by atoms with Crippen molar-refractivity contribution in [2.24, 2.45) is 0 Å². The Balaban J connectivity index is 1.57. The number of hydrogen-bond acceptors (Lipinski definition) is 4. The lowest BCUT2D eigenvalue weighted by Crippen LogP contribution is -2.29. The van der Waals surface area contributed by atoms with Gasteiger partial charge in [0, 0.05) is 18.8 Å². The Bertz CT molecular complexity index is 588. The number of nitrogens with one attached hydrogen (secondary N) is 2. The van der Waals surface area contributed by atoms with E-state index in [0.717, 1.165) is 44.6 Å². The highest BCUT2D eigenvalue weighted by molar-refractivity contribution is 7.88. The molecular formula is C15H26N4O2S. The predicted molar refractivity (Wildman–Crippen MR) is 86.2 cm³/mol. The molecule has 2 aliphatic rings. The van der Waals surface area contributed by atoms with Gasteiger partial charge in [0.05, 0.1) is 18.0 Å². The van der Waals surface area contributed by atoms with E-state index in [1.165, 1.54) is 36.9 Å². The maximum atomic E-state index is 11.1. The van der Waals surface area contributed by atoms with E-state index in [1.54, 1.807) is 0 Å². The quantitative estimate of drug-likeness (QED) is 0.774. The van der Waals surface area contributed by atoms with Gasteiger partial charge in [0.25, 0.3) is 0 Å². The number of aromatic nitrogens is 2. The van der Waals surface area contributed by atoms with Crippen LogP contribution >= 0.6 is 0 Å². The average Bonchev–Trinajstić information content (AvgIpc) is 3.08. The minimum atomic E-state index is -3.07. The van der Waals surface area contributed by atoms with Crippen molar-refractivity contribution in [2.75, 3.05) is 25.9 Å². The fourth-order valence-electron chi connectivity index (χ4n) is 3.58. The molecule has 0 spiro atoms. The van der Waals surface area contributed by atoms with Crippen molar-refractivity contribution in [1.82, 2.24) is 19.6 Å². The van der Waals surface area contributed by atoms with Crippen molar-refractivity contribution in [3.63, 3.8) is 0 Å². The first-order valence-corrected chi connectivity index (χ1v) is 10.2. The number of nitrogens with zero attached hydrogens (tertiary/aromatic N) is 2. The van der Waals surface area contributed by atoms with Gasteiger partial charge in [0.1, 0.15) is 5.82 Å². The number of imidazole rings is 1. The first-order valence-electron chi connectivity index (χ1n) is 8.29. The van der Waals surface area contributed by atoms with Crippen LogP contribution in [0.3, 0.4) is 0 Å². The molecule has 0 amide bonds. The molecule has 1 unspecified atom stereocenters. The number of fused-ring (bicyclic) bond motifs is 1. The Kier molecular flexibility index (Phi) is 4.84. The van der Waals surface area contributed by atoms with Gasteiger partial charge in [-0.2, -0.15) is 0 Å². The van der Waals surface area contributed by atoms with Gasteiger partial charge >= 0.3 is 0 Å². The van der Waals surface area contributed by atoms with Crippen molar-refractivity contribution >= 4 is 10.0 Å². The SMILES string of the molecule is CS(=O)(=O)NCCCN1CCCC1c1nc2c([nH]1)CCCC2. The van der Waals surface area contributed by atoms with Crippen molar-refractivity contribution in [3.8, 4) is 0 Å². The van der Waals surface area contributed by atoms with E-state index in [1.807, 2.05) is 0 Å². The van der Waals surface area contributed by atoms with Gasteiger partial charge < -0.3 is 4.98 Å². The van der Waals surface area contributed by atoms with Crippen LogP contribution in [0.1, 0.15) is 55.4 Å². The molecule has 2 heterocycles. The summed E-state index contributed by atoms with van der Waals surface area (Å²) in [4.78, 5) is 10.8. The summed E-state index contributed by atoms with van der Waals surface area (Å²) in [6.07, 6.45) is 9.14. The second-order valence-electron chi connectivity index (χ2n) is 6.47. The van der Waals surface area contributed by atoms with Gasteiger partial charge in [-0.25, -0.2) is 18.1 Å². The highest BCUT2D eigenvalue weighted by Crippen LogP contribution is 2.32. The van der Waals surface area contributed by atoms with Crippen LogP contribution in [-0.4, -0.2) is 49.2 Å². The van der Waals surface area contributed by atoms with Crippen molar-refractivity contribution in [3.05, 3.63) is 17.2 Å². The number of likely N-dealkylation sites (tertiary alicyclic amines) is 1. The molecule has 22 heavy (non-hydrogen) atoms. The molecule has 3 rings (SSSR count). The van der Waals surface area contributed by atoms with Crippen LogP contribution in [-0.2, 0) is 22.9 Å². The van der Waals surface area contributed by atoms with E-state index in [0.29, 0.717) is 12.6 Å². The summed E-state index contributed by atoms with van der Waals surface area (Å²) < 4.78 is 24.7. The predicted octanol–water partition coefficient (Wildman–Crippen LogP) is 1.36. The van der Waals surface area contributed by atoms with Gasteiger partial charge in [0.15, 0.2) is 0 Å². The number of H-pyrrole nitrogens is 1. The monoisotopic (exact) mass is 326 g/mol. The first kappa shape index (κ1) is 16.0. The summed E-state index contributed by atoms with van der Waals surface area (Å²) in [5.41, 5.74) is 2.61. The van der Waals surface area contributed by atoms with E-state index >= 15 is 0 Å². The lowest BCUT2D eigenvalue weighted by molar-refractivity contribution is 0.247. The number of hydrogen-bond donors (Lipinski definition) is 2. The summed E-state index contributed by atoms with van der Waals surface area (Å²) >= 11 is 0. The molecule has 1 aliphatic heterocycles. The van der Waals surface area contributed by atoms with Gasteiger partial charge in [0.2, 0.25) is 10.0 Å². The maximum Gasteiger partial charge on any atom is 0.208 e. The summed E-state index contributed by atoms with van der Waals surface area (Å²) in [5.74, 6) is 1.13. The zero-order chi connectivity index (χ0) is 15.6. The lowest BCUT2D eigenvalue weighted by Gasteiger charge is -2.22. The van der Waals surface area contributed by atoms with Crippen molar-refractivity contribution < 1.29 is 8.42 Å². The zero-order valence-electron chi connectivity index (χ0n) is 13.3. The third-order valence-corrected chi connectivity index (χ3v) is 5.37. The fourth-order valence-corrected chi connectivity index (χ4v) is 4.09. The maximum absolute atomic E-state index is 11.1. The Morgan fingerprint density at radius 3 is 2.91 bits per heavy atom. The molecule has 1 saturated heterocycles. The van der Waals surface area contributed by atoms with Crippen LogP contribution in [0.25, 0.3) is 0 Å². The molecule has 2 N–H and O–H groups in total. The average molecular weight is 326 g/mol. The van der Waals surface area contributed by atoms with E-state index in [-0.39, 0.29) is 0 Å². The fraction of sp³-hybridized carbons (Fsp3) is 0.800. The standard InChI is InChI=1S/C15H26N4O2S/c1-22(20,21)16-9-5-11-19-10-4-8-14(19)15-17-12-6-2-3-7-13(12)18-15/h14,16H,2-11H2,1H3,(H,17,18). The first-order chi connectivity index (χ1) is 10.5. The minimum absolute atomic E-state index is 0.379. The summed E-state index contributed by atoms with van der Waals surface area (Å²) in [5, 5.41) is 0. The normalized spacial score (nSPS) is 22.9. The van der Waals surface area contributed by atoms with E-state index in [2.05, 4.69) is 14.6 Å². The molecule has 1 aromatic heterocycles. The van der Waals surface area contributed by atoms with Crippen LogP contribution in [0, 0.1) is 0 Å². The molecule has 0 bridgehead atoms. The Morgan fingerprint density at radius 2 is 2.14 bits per heavy atom. The van der Waals surface area contributed by atoms with Crippen LogP contribution in [0.5, 0.6) is 0 Å². The third kappa shape index (κ3) is 3.88. The van der Waals surface area contributed by atoms with Crippen molar-refractivity contribution in [2.45, 2.75) is 51.0 Å². The number of aromatic amines is 1. The van der Waals surface area contributed by atoms with Gasteiger partial charge in [-0.15, -0.1) is 0 Å². The van der Waals surface area contributed by atoms with Crippen LogP contribution in [0.4, 0.5) is 0 Å². The molecule has 7 heteroatoms. The summed E-state index contributed by atoms with van der Waals surface area (Å²) in [7, 11) is -3.07. The van der Waals surface area contributed by atoms with E-state index in [4.69, 9.17) is 4.98 Å². The highest BCUT2D eigenvalue weighted by atomic mass is 32.2. The molecule has 6 nitrogen and oxygen atoms in total. The number of sulfonamides is 1. The molecule has 0 aromatic carbocycles. The second kappa shape index (κ2) is 6.68. The smallest absolute Gasteiger partial charge is 0.208 e. The van der Waals surface area contributed by atoms with Crippen LogP contribution < -0.4 is 4.72 Å². The van der Waals surface area contributed by atoms with E-state index in [9.17, 15) is 8.42 Å².